The van der Waals surface area contributed by atoms with Gasteiger partial charge in [0.1, 0.15) is 0 Å². The molecule has 0 saturated carbocycles. The fraction of sp³-hybridized carbons (Fsp3) is 0.273. The predicted octanol–water partition coefficient (Wildman–Crippen LogP) is 1.57. The van der Waals surface area contributed by atoms with Crippen LogP contribution in [0.2, 0.25) is 0 Å². The Labute approximate surface area is 101 Å². The number of carbonyl (C=O) groups excluding carboxylic acids is 2. The average Bonchev–Trinajstić information content (AvgIpc) is 2.29. The molecule has 0 spiro atoms. The number of hydrogen-bond donors (Lipinski definition) is 2. The first-order valence-electron chi connectivity index (χ1n) is 5.08. The number of anilines is 1. The molecule has 98 valence electrons. The molecular weight excluding hydrogens is 249 g/mol. The van der Waals surface area contributed by atoms with Gasteiger partial charge in [0.05, 0.1) is 5.69 Å². The third-order valence-electron chi connectivity index (χ3n) is 1.91. The number of hydrogen-bond acceptors (Lipinski definition) is 2. The van der Waals surface area contributed by atoms with Crippen LogP contribution < -0.4 is 10.6 Å². The van der Waals surface area contributed by atoms with Gasteiger partial charge in [-0.15, -0.1) is 0 Å². The lowest BCUT2D eigenvalue weighted by molar-refractivity contribution is -0.136. The third-order valence-corrected chi connectivity index (χ3v) is 1.91. The second-order valence-electron chi connectivity index (χ2n) is 3.81. The Kier molecular flexibility index (Phi) is 4.30. The van der Waals surface area contributed by atoms with E-state index in [2.05, 4.69) is 5.32 Å². The minimum absolute atomic E-state index is 0.280. The molecule has 0 bridgehead atoms. The van der Waals surface area contributed by atoms with E-state index in [1.807, 2.05) is 5.32 Å². The average molecular weight is 260 g/mol. The molecular formula is C11H11F3N2O2. The minimum Gasteiger partial charge on any atom is -0.346 e. The van der Waals surface area contributed by atoms with Crippen LogP contribution in [0, 0.1) is 17.5 Å². The largest absolute Gasteiger partial charge is 0.346 e. The molecule has 4 nitrogen and oxygen atoms in total. The van der Waals surface area contributed by atoms with E-state index in [0.717, 1.165) is 6.07 Å². The first-order valence-corrected chi connectivity index (χ1v) is 5.08. The normalized spacial score (nSPS) is 10.3. The summed E-state index contributed by atoms with van der Waals surface area (Å²) in [5.74, 6) is -6.79. The second-order valence-corrected chi connectivity index (χ2v) is 3.81. The first kappa shape index (κ1) is 14.0. The van der Waals surface area contributed by atoms with E-state index in [9.17, 15) is 22.8 Å². The second kappa shape index (κ2) is 5.52. The highest BCUT2D eigenvalue weighted by atomic mass is 19.2. The molecule has 1 aromatic carbocycles. The van der Waals surface area contributed by atoms with Gasteiger partial charge in [0, 0.05) is 6.04 Å². The fourth-order valence-corrected chi connectivity index (χ4v) is 1.13. The molecule has 0 heterocycles. The van der Waals surface area contributed by atoms with E-state index in [1.54, 1.807) is 13.8 Å². The molecule has 2 amide bonds. The molecule has 1 aromatic rings. The number of amides is 2. The molecule has 2 N–H and O–H groups in total. The van der Waals surface area contributed by atoms with Crippen LogP contribution in [0.5, 0.6) is 0 Å². The quantitative estimate of drug-likeness (QED) is 0.626. The summed E-state index contributed by atoms with van der Waals surface area (Å²) in [5, 5.41) is 4.12. The molecule has 7 heteroatoms. The zero-order chi connectivity index (χ0) is 13.9. The van der Waals surface area contributed by atoms with Crippen LogP contribution in [-0.4, -0.2) is 17.9 Å². The first-order chi connectivity index (χ1) is 8.32. The van der Waals surface area contributed by atoms with Gasteiger partial charge in [-0.05, 0) is 26.0 Å². The Morgan fingerprint density at radius 2 is 1.67 bits per heavy atom. The number of rotatable bonds is 2. The van der Waals surface area contributed by atoms with Crippen LogP contribution in [0.3, 0.4) is 0 Å². The minimum atomic E-state index is -1.71. The number of halogens is 3. The van der Waals surface area contributed by atoms with Crippen LogP contribution >= 0.6 is 0 Å². The summed E-state index contributed by atoms with van der Waals surface area (Å²) in [5.41, 5.74) is -0.599. The van der Waals surface area contributed by atoms with Crippen LogP contribution in [0.15, 0.2) is 12.1 Å². The molecule has 0 aliphatic heterocycles. The molecule has 0 radical (unpaired) electrons. The van der Waals surface area contributed by atoms with Gasteiger partial charge in [0.25, 0.3) is 0 Å². The van der Waals surface area contributed by atoms with E-state index in [1.165, 1.54) is 0 Å². The number of nitrogens with one attached hydrogen (secondary N) is 2. The molecule has 0 aliphatic rings. The lowest BCUT2D eigenvalue weighted by Gasteiger charge is -2.09. The highest BCUT2D eigenvalue weighted by molar-refractivity contribution is 6.39. The Morgan fingerprint density at radius 3 is 2.22 bits per heavy atom. The van der Waals surface area contributed by atoms with Crippen molar-refractivity contribution in [2.75, 3.05) is 5.32 Å². The SMILES string of the molecule is CC(C)NC(=O)C(=O)Nc1ccc(F)c(F)c1F. The summed E-state index contributed by atoms with van der Waals surface area (Å²) in [6.45, 7) is 3.26. The van der Waals surface area contributed by atoms with Crippen LogP contribution in [-0.2, 0) is 9.59 Å². The zero-order valence-corrected chi connectivity index (χ0v) is 9.68. The van der Waals surface area contributed by atoms with Crippen molar-refractivity contribution in [3.63, 3.8) is 0 Å². The van der Waals surface area contributed by atoms with E-state index in [-0.39, 0.29) is 6.04 Å². The van der Waals surface area contributed by atoms with Crippen molar-refractivity contribution >= 4 is 17.5 Å². The Bertz CT molecular complexity index is 489. The highest BCUT2D eigenvalue weighted by Crippen LogP contribution is 2.19. The molecule has 0 fully saturated rings. The van der Waals surface area contributed by atoms with Gasteiger partial charge in [0.15, 0.2) is 17.5 Å². The maximum absolute atomic E-state index is 13.2. The molecule has 0 saturated heterocycles. The monoisotopic (exact) mass is 260 g/mol. The third kappa shape index (κ3) is 3.22. The van der Waals surface area contributed by atoms with Gasteiger partial charge in [-0.3, -0.25) is 9.59 Å². The van der Waals surface area contributed by atoms with Crippen LogP contribution in [0.4, 0.5) is 18.9 Å². The highest BCUT2D eigenvalue weighted by Gasteiger charge is 2.19. The maximum atomic E-state index is 13.2. The molecule has 0 unspecified atom stereocenters. The summed E-state index contributed by atoms with van der Waals surface area (Å²) >= 11 is 0. The van der Waals surface area contributed by atoms with Crippen molar-refractivity contribution in [2.24, 2.45) is 0 Å². The van der Waals surface area contributed by atoms with Gasteiger partial charge >= 0.3 is 11.8 Å². The van der Waals surface area contributed by atoms with Crippen molar-refractivity contribution in [3.8, 4) is 0 Å². The number of benzene rings is 1. The van der Waals surface area contributed by atoms with E-state index >= 15 is 0 Å². The molecule has 0 aliphatic carbocycles. The lowest BCUT2D eigenvalue weighted by Crippen LogP contribution is -2.39. The maximum Gasteiger partial charge on any atom is 0.313 e. The van der Waals surface area contributed by atoms with Gasteiger partial charge in [-0.25, -0.2) is 13.2 Å². The topological polar surface area (TPSA) is 58.2 Å². The van der Waals surface area contributed by atoms with E-state index < -0.39 is 35.0 Å². The lowest BCUT2D eigenvalue weighted by atomic mass is 10.2. The van der Waals surface area contributed by atoms with Gasteiger partial charge in [-0.1, -0.05) is 0 Å². The summed E-state index contributed by atoms with van der Waals surface area (Å²) in [7, 11) is 0. The predicted molar refractivity (Wildman–Crippen MR) is 58.2 cm³/mol. The van der Waals surface area contributed by atoms with Gasteiger partial charge < -0.3 is 10.6 Å². The zero-order valence-electron chi connectivity index (χ0n) is 9.68. The molecule has 0 atom stereocenters. The van der Waals surface area contributed by atoms with Crippen molar-refractivity contribution in [3.05, 3.63) is 29.6 Å². The number of carbonyl (C=O) groups is 2. The summed E-state index contributed by atoms with van der Waals surface area (Å²) in [4.78, 5) is 22.5. The summed E-state index contributed by atoms with van der Waals surface area (Å²) < 4.78 is 38.7. The van der Waals surface area contributed by atoms with Crippen LogP contribution in [0.25, 0.3) is 0 Å². The van der Waals surface area contributed by atoms with E-state index in [4.69, 9.17) is 0 Å². The Hall–Kier alpha value is -2.05. The Morgan fingerprint density at radius 1 is 1.06 bits per heavy atom. The van der Waals surface area contributed by atoms with Gasteiger partial charge in [0.2, 0.25) is 0 Å². The standard InChI is InChI=1S/C11H11F3N2O2/c1-5(2)15-10(17)11(18)16-7-4-3-6(12)8(13)9(7)14/h3-5H,1-2H3,(H,15,17)(H,16,18). The van der Waals surface area contributed by atoms with Crippen molar-refractivity contribution in [1.29, 1.82) is 0 Å². The van der Waals surface area contributed by atoms with Crippen LogP contribution in [0.1, 0.15) is 13.8 Å². The van der Waals surface area contributed by atoms with Crippen molar-refractivity contribution < 1.29 is 22.8 Å². The van der Waals surface area contributed by atoms with Crippen molar-refractivity contribution in [1.82, 2.24) is 5.32 Å². The molecule has 0 aromatic heterocycles. The van der Waals surface area contributed by atoms with Gasteiger partial charge in [-0.2, -0.15) is 0 Å². The smallest absolute Gasteiger partial charge is 0.313 e. The summed E-state index contributed by atoms with van der Waals surface area (Å²) in [6.07, 6.45) is 0. The molecule has 18 heavy (non-hydrogen) atoms. The van der Waals surface area contributed by atoms with Crippen molar-refractivity contribution in [2.45, 2.75) is 19.9 Å². The van der Waals surface area contributed by atoms with E-state index in [0.29, 0.717) is 6.07 Å². The molecule has 1 rings (SSSR count). The Balaban J connectivity index is 2.83. The fourth-order valence-electron chi connectivity index (χ4n) is 1.13. The summed E-state index contributed by atoms with van der Waals surface area (Å²) in [6, 6.07) is 1.20.